The number of benzene rings is 1. The molecule has 0 bridgehead atoms. The largest absolute Gasteiger partial charge is 0.438 e. The van der Waals surface area contributed by atoms with Crippen molar-refractivity contribution in [2.24, 2.45) is 0 Å². The smallest absolute Gasteiger partial charge is 0.214 e. The second-order valence-electron chi connectivity index (χ2n) is 12.0. The summed E-state index contributed by atoms with van der Waals surface area (Å²) < 4.78 is 15.0. The van der Waals surface area contributed by atoms with Gasteiger partial charge in [0.1, 0.15) is 23.3 Å². The van der Waals surface area contributed by atoms with Crippen LogP contribution in [0.2, 0.25) is 0 Å². The first-order valence-corrected chi connectivity index (χ1v) is 19.3. The average Bonchev–Trinajstić information content (AvgIpc) is 3.62. The summed E-state index contributed by atoms with van der Waals surface area (Å²) in [7, 11) is 0. The van der Waals surface area contributed by atoms with Gasteiger partial charge in [-0.15, -0.1) is 0 Å². The molecule has 0 aliphatic rings. The van der Waals surface area contributed by atoms with Crippen molar-refractivity contribution in [3.05, 3.63) is 18.3 Å². The number of furan rings is 2. The Labute approximate surface area is 293 Å². The van der Waals surface area contributed by atoms with Gasteiger partial charge < -0.3 is 18.6 Å². The second kappa shape index (κ2) is 19.8. The van der Waals surface area contributed by atoms with E-state index in [9.17, 15) is 10.5 Å². The molecule has 6 nitrogen and oxygen atoms in total. The van der Waals surface area contributed by atoms with Gasteiger partial charge in [-0.05, 0) is 70.9 Å². The first kappa shape index (κ1) is 36.8. The van der Waals surface area contributed by atoms with E-state index < -0.39 is 0 Å². The molecule has 0 atom stereocenters. The molecule has 0 N–H and O–H groups in total. The third-order valence-corrected chi connectivity index (χ3v) is 10.6. The van der Waals surface area contributed by atoms with Crippen LogP contribution >= 0.6 is 45.2 Å². The second-order valence-corrected chi connectivity index (χ2v) is 14.2. The molecule has 0 amide bonds. The molecule has 2 heterocycles. The number of halogens is 2. The lowest BCUT2D eigenvalue weighted by molar-refractivity contribution is 0.542. The van der Waals surface area contributed by atoms with Crippen LogP contribution in [-0.2, 0) is 0 Å². The molecule has 0 fully saturated rings. The van der Waals surface area contributed by atoms with Crippen molar-refractivity contribution < 1.29 is 8.83 Å². The summed E-state index contributed by atoms with van der Waals surface area (Å²) in [5.74, 6) is 1.34. The maximum Gasteiger partial charge on any atom is 0.214 e. The Bertz CT molecular complexity index is 1270. The molecule has 0 aliphatic heterocycles. The molecule has 242 valence electrons. The van der Waals surface area contributed by atoms with Crippen molar-refractivity contribution in [1.29, 1.82) is 10.5 Å². The lowest BCUT2D eigenvalue weighted by Crippen LogP contribution is -2.26. The molecular weight excluding hydrogens is 774 g/mol. The van der Waals surface area contributed by atoms with Crippen molar-refractivity contribution in [2.45, 2.75) is 130 Å². The summed E-state index contributed by atoms with van der Waals surface area (Å²) in [6, 6.07) is 5.02. The van der Waals surface area contributed by atoms with E-state index in [1.165, 1.54) is 77.0 Å². The predicted molar refractivity (Wildman–Crippen MR) is 202 cm³/mol. The van der Waals surface area contributed by atoms with E-state index in [0.717, 1.165) is 69.8 Å². The summed E-state index contributed by atoms with van der Waals surface area (Å²) in [6.07, 6.45) is 18.6. The fourth-order valence-corrected chi connectivity index (χ4v) is 7.78. The van der Waals surface area contributed by atoms with Crippen LogP contribution in [0.4, 0.5) is 11.8 Å². The number of anilines is 2. The van der Waals surface area contributed by atoms with E-state index >= 15 is 0 Å². The lowest BCUT2D eigenvalue weighted by Gasteiger charge is -2.22. The molecule has 0 spiro atoms. The van der Waals surface area contributed by atoms with Crippen LogP contribution < -0.4 is 9.80 Å². The lowest BCUT2D eigenvalue weighted by atomic mass is 10.1. The van der Waals surface area contributed by atoms with Gasteiger partial charge >= 0.3 is 0 Å². The Morgan fingerprint density at radius 2 is 0.795 bits per heavy atom. The van der Waals surface area contributed by atoms with Gasteiger partial charge in [-0.1, -0.05) is 105 Å². The number of rotatable bonds is 22. The van der Waals surface area contributed by atoms with Crippen molar-refractivity contribution in [1.82, 2.24) is 0 Å². The van der Waals surface area contributed by atoms with Crippen LogP contribution in [0.3, 0.4) is 0 Å². The van der Waals surface area contributed by atoms with Gasteiger partial charge in [0.05, 0.1) is 17.9 Å². The Kier molecular flexibility index (Phi) is 16.5. The molecule has 1 aromatic carbocycles. The van der Waals surface area contributed by atoms with Crippen molar-refractivity contribution >= 4 is 78.9 Å². The summed E-state index contributed by atoms with van der Waals surface area (Å²) in [6.45, 7) is 12.4. The predicted octanol–water partition coefficient (Wildman–Crippen LogP) is 12.1. The van der Waals surface area contributed by atoms with Crippen LogP contribution in [0.5, 0.6) is 0 Å². The quantitative estimate of drug-likeness (QED) is 0.0741. The molecule has 0 saturated carbocycles. The highest BCUT2D eigenvalue weighted by Crippen LogP contribution is 2.46. The van der Waals surface area contributed by atoms with Gasteiger partial charge in [0.25, 0.3) is 0 Å². The van der Waals surface area contributed by atoms with Gasteiger partial charge in [0, 0.05) is 26.2 Å². The maximum atomic E-state index is 10.5. The normalized spacial score (nSPS) is 11.4. The molecule has 0 aliphatic carbocycles. The highest BCUT2D eigenvalue weighted by atomic mass is 127. The van der Waals surface area contributed by atoms with Gasteiger partial charge in [-0.25, -0.2) is 0 Å². The van der Waals surface area contributed by atoms with Gasteiger partial charge in [0.2, 0.25) is 11.8 Å². The standard InChI is InChI=1S/C36H52I2N4O2/c1-5-9-13-17-21-41(22-18-14-10-6-2)35-27(25-39)29-31(37)34-30(32(38)33(29)43-35)28(26-40)36(44-34)42(23-19-15-11-7-3)24-20-16-12-8-4/h5-24H2,1-4H3. The van der Waals surface area contributed by atoms with Crippen molar-refractivity contribution in [3.63, 3.8) is 0 Å². The van der Waals surface area contributed by atoms with E-state index in [1.807, 2.05) is 0 Å². The molecule has 8 heteroatoms. The number of fused-ring (bicyclic) bond motifs is 2. The minimum atomic E-state index is 0.586. The zero-order valence-electron chi connectivity index (χ0n) is 27.5. The topological polar surface area (TPSA) is 80.3 Å². The number of nitriles is 2. The Hall–Kier alpha value is -1.66. The molecule has 0 saturated heterocycles. The first-order valence-electron chi connectivity index (χ1n) is 17.2. The van der Waals surface area contributed by atoms with E-state index in [-0.39, 0.29) is 0 Å². The molecular formula is C36H52I2N4O2. The van der Waals surface area contributed by atoms with Gasteiger partial charge in [0.15, 0.2) is 11.2 Å². The van der Waals surface area contributed by atoms with Crippen molar-refractivity contribution in [2.75, 3.05) is 36.0 Å². The van der Waals surface area contributed by atoms with E-state index in [2.05, 4.69) is 94.8 Å². The molecule has 44 heavy (non-hydrogen) atoms. The monoisotopic (exact) mass is 826 g/mol. The molecule has 0 unspecified atom stereocenters. The Balaban J connectivity index is 2.11. The fraction of sp³-hybridized carbons (Fsp3) is 0.667. The van der Waals surface area contributed by atoms with E-state index in [4.69, 9.17) is 8.83 Å². The summed E-state index contributed by atoms with van der Waals surface area (Å²) in [5, 5.41) is 22.6. The van der Waals surface area contributed by atoms with Gasteiger partial charge in [-0.3, -0.25) is 0 Å². The first-order chi connectivity index (χ1) is 21.5. The molecule has 3 aromatic rings. The summed E-state index contributed by atoms with van der Waals surface area (Å²) in [5.41, 5.74) is 2.57. The average molecular weight is 827 g/mol. The Morgan fingerprint density at radius 1 is 0.500 bits per heavy atom. The highest BCUT2D eigenvalue weighted by Gasteiger charge is 2.30. The Morgan fingerprint density at radius 3 is 1.05 bits per heavy atom. The zero-order chi connectivity index (χ0) is 31.9. The van der Waals surface area contributed by atoms with Crippen LogP contribution in [0, 0.1) is 29.8 Å². The molecule has 3 rings (SSSR count). The third kappa shape index (κ3) is 9.21. The SMILES string of the molecule is CCCCCCN(CCCCCC)c1oc2c(I)c3c(C#N)c(N(CCCCCC)CCCCCC)oc3c(I)c2c1C#N. The van der Waals surface area contributed by atoms with E-state index in [1.54, 1.807) is 0 Å². The number of unbranched alkanes of at least 4 members (excludes halogenated alkanes) is 12. The van der Waals surface area contributed by atoms with Crippen LogP contribution in [-0.4, -0.2) is 26.2 Å². The minimum absolute atomic E-state index is 0.586. The van der Waals surface area contributed by atoms with Crippen LogP contribution in [0.25, 0.3) is 21.9 Å². The number of nitrogens with zero attached hydrogens (tertiary/aromatic N) is 4. The fourth-order valence-electron chi connectivity index (χ4n) is 5.99. The summed E-state index contributed by atoms with van der Waals surface area (Å²) >= 11 is 4.63. The minimum Gasteiger partial charge on any atom is -0.438 e. The van der Waals surface area contributed by atoms with Crippen molar-refractivity contribution in [3.8, 4) is 12.1 Å². The zero-order valence-corrected chi connectivity index (χ0v) is 31.8. The molecule has 0 radical (unpaired) electrons. The van der Waals surface area contributed by atoms with Gasteiger partial charge in [-0.2, -0.15) is 10.5 Å². The molecule has 2 aromatic heterocycles. The van der Waals surface area contributed by atoms with E-state index in [0.29, 0.717) is 34.1 Å². The van der Waals surface area contributed by atoms with Crippen LogP contribution in [0.1, 0.15) is 142 Å². The maximum absolute atomic E-state index is 10.5. The van der Waals surface area contributed by atoms with Crippen LogP contribution in [0.15, 0.2) is 8.83 Å². The number of hydrogen-bond donors (Lipinski definition) is 0. The number of hydrogen-bond acceptors (Lipinski definition) is 6. The third-order valence-electron chi connectivity index (χ3n) is 8.54. The summed E-state index contributed by atoms with van der Waals surface area (Å²) in [4.78, 5) is 4.59. The highest BCUT2D eigenvalue weighted by molar-refractivity contribution is 14.1.